The lowest BCUT2D eigenvalue weighted by molar-refractivity contribution is -0.136. The van der Waals surface area contributed by atoms with Gasteiger partial charge in [0.05, 0.1) is 18.6 Å². The van der Waals surface area contributed by atoms with Crippen molar-refractivity contribution in [1.82, 2.24) is 63.5 Å². The SMILES string of the molecule is CNC(=O)[C@@H](NC(=O)[C@H](Cc1ccccc1)NC(=O)[C@@H](CS)NC(=O)[C@@H](CCCNC(=N)N)NC(=O)[C@H](Cc1ccc(O)cc1)NC(=O)[C@H](CCCCN)NC(=O)[C@H](Cc1cc2ccccc2[nH]1)NC(=O)[C@H](CO)NC(=O)[C@H](C)CNC(=O)[C@@H](N)CCCCN)C1CCCCC1. The van der Waals surface area contributed by atoms with E-state index < -0.39 is 120 Å². The van der Waals surface area contributed by atoms with Gasteiger partial charge in [0, 0.05) is 56.4 Å². The molecule has 1 aliphatic carbocycles. The van der Waals surface area contributed by atoms with E-state index in [0.29, 0.717) is 54.6 Å². The molecule has 526 valence electrons. The van der Waals surface area contributed by atoms with Crippen molar-refractivity contribution >= 4 is 88.6 Å². The number of thiol groups is 1. The largest absolute Gasteiger partial charge is 0.508 e. The fourth-order valence-corrected chi connectivity index (χ4v) is 11.4. The summed E-state index contributed by atoms with van der Waals surface area (Å²) in [4.78, 5) is 144. The van der Waals surface area contributed by atoms with Crippen LogP contribution in [0.15, 0.2) is 84.9 Å². The average molecular weight is 1350 g/mol. The Morgan fingerprint density at radius 2 is 1.05 bits per heavy atom. The van der Waals surface area contributed by atoms with Gasteiger partial charge in [0.15, 0.2) is 5.96 Å². The molecule has 10 amide bonds. The third-order valence-electron chi connectivity index (χ3n) is 16.7. The minimum absolute atomic E-state index is 0.0108. The Labute approximate surface area is 565 Å². The first-order valence-corrected chi connectivity index (χ1v) is 33.5. The lowest BCUT2D eigenvalue weighted by Gasteiger charge is -2.31. The minimum atomic E-state index is -1.59. The molecule has 23 N–H and O–H groups in total. The van der Waals surface area contributed by atoms with Crippen molar-refractivity contribution < 1.29 is 58.2 Å². The molecule has 5 rings (SSSR count). The van der Waals surface area contributed by atoms with Crippen LogP contribution in [0.4, 0.5) is 0 Å². The number of para-hydroxylation sites is 1. The monoisotopic (exact) mass is 1350 g/mol. The van der Waals surface area contributed by atoms with Gasteiger partial charge in [0.2, 0.25) is 59.1 Å². The molecule has 1 aliphatic rings. The van der Waals surface area contributed by atoms with Crippen LogP contribution in [0.25, 0.3) is 10.9 Å². The summed E-state index contributed by atoms with van der Waals surface area (Å²) in [5.41, 5.74) is 25.3. The van der Waals surface area contributed by atoms with Gasteiger partial charge < -0.3 is 96.6 Å². The van der Waals surface area contributed by atoms with E-state index in [-0.39, 0.29) is 93.9 Å². The van der Waals surface area contributed by atoms with Gasteiger partial charge in [-0.2, -0.15) is 12.6 Å². The average Bonchev–Trinajstić information content (AvgIpc) is 1.60. The minimum Gasteiger partial charge on any atom is -0.508 e. The lowest BCUT2D eigenvalue weighted by atomic mass is 9.83. The van der Waals surface area contributed by atoms with Crippen LogP contribution in [-0.2, 0) is 67.2 Å². The number of hydrogen-bond acceptors (Lipinski definition) is 17. The molecule has 1 heterocycles. The molecule has 0 unspecified atom stereocenters. The molecule has 1 aromatic heterocycles. The van der Waals surface area contributed by atoms with Gasteiger partial charge in [0.1, 0.15) is 54.1 Å². The summed E-state index contributed by atoms with van der Waals surface area (Å²) in [6.07, 6.45) is 6.13. The number of rotatable bonds is 41. The molecule has 1 saturated carbocycles. The number of hydrogen-bond donors (Lipinski definition) is 20. The van der Waals surface area contributed by atoms with Crippen LogP contribution >= 0.6 is 12.6 Å². The number of benzene rings is 3. The van der Waals surface area contributed by atoms with Crippen molar-refractivity contribution in [3.63, 3.8) is 0 Å². The second kappa shape index (κ2) is 41.2. The highest BCUT2D eigenvalue weighted by molar-refractivity contribution is 7.80. The van der Waals surface area contributed by atoms with Gasteiger partial charge in [-0.3, -0.25) is 53.4 Å². The van der Waals surface area contributed by atoms with Crippen LogP contribution in [0.2, 0.25) is 0 Å². The number of aromatic amines is 1. The van der Waals surface area contributed by atoms with E-state index in [9.17, 15) is 58.2 Å². The van der Waals surface area contributed by atoms with Gasteiger partial charge >= 0.3 is 0 Å². The topological polar surface area (TPSA) is 487 Å². The second-order valence-electron chi connectivity index (χ2n) is 24.2. The molecule has 4 aromatic rings. The fourth-order valence-electron chi connectivity index (χ4n) is 11.1. The molecule has 10 atom stereocenters. The molecular formula is C66H99N17O12S. The third-order valence-corrected chi connectivity index (χ3v) is 17.0. The van der Waals surface area contributed by atoms with E-state index in [1.165, 1.54) is 38.2 Å². The Kier molecular flexibility index (Phi) is 33.4. The van der Waals surface area contributed by atoms with Gasteiger partial charge in [-0.25, -0.2) is 0 Å². The summed E-state index contributed by atoms with van der Waals surface area (Å²) in [5.74, 6) is -9.30. The van der Waals surface area contributed by atoms with Gasteiger partial charge in [-0.1, -0.05) is 93.3 Å². The Bertz CT molecular complexity index is 3160. The number of phenolic OH excluding ortho intramolecular Hbond substituents is 1. The maximum Gasteiger partial charge on any atom is 0.245 e. The quantitative estimate of drug-likeness (QED) is 0.0105. The number of aromatic nitrogens is 1. The first-order chi connectivity index (χ1) is 46.1. The maximum atomic E-state index is 14.9. The highest BCUT2D eigenvalue weighted by Gasteiger charge is 2.37. The number of nitrogens with two attached hydrogens (primary N) is 4. The summed E-state index contributed by atoms with van der Waals surface area (Å²) in [6.45, 7) is 1.16. The summed E-state index contributed by atoms with van der Waals surface area (Å²) >= 11 is 4.41. The fraction of sp³-hybridized carbons (Fsp3) is 0.530. The van der Waals surface area contributed by atoms with Crippen LogP contribution in [-0.4, -0.2) is 180 Å². The van der Waals surface area contributed by atoms with Crippen molar-refractivity contribution in [2.24, 2.45) is 34.8 Å². The standard InChI is InChI=1S/C66H99N17O12S/c1-39(36-74-57(87)46(69)21-11-13-29-67)56(86)81-53(37-84)63(93)80-52(35-44-34-43-20-9-10-22-47(43)75-44)61(91)76-48(23-12-14-30-68)58(88)78-50(33-41-25-27-45(85)28-26-41)60(90)77-49(24-15-31-73-66(70)71)59(89)82-54(38-96)64(94)79-51(32-40-16-5-3-6-17-40)62(92)83-55(65(95)72-2)42-18-7-4-8-19-42/h3,5-6,9-10,16-17,20,22,25-28,34,39,42,46,48-55,75,84-85,96H,4,7-8,11-15,18-19,21,23-24,29-33,35-38,67-69H2,1-2H3,(H,72,95)(H,74,87)(H,76,91)(H,77,90)(H,78,88)(H,79,94)(H,80,93)(H,81,86)(H,82,89)(H,83,92)(H4,70,71,73)/t39-,46+,48+,49-,50+,51+,52+,53+,54-,55+/m1/s1. The smallest absolute Gasteiger partial charge is 0.245 e. The van der Waals surface area contributed by atoms with Crippen LogP contribution in [0.5, 0.6) is 5.75 Å². The van der Waals surface area contributed by atoms with Crippen LogP contribution in [0, 0.1) is 17.2 Å². The van der Waals surface area contributed by atoms with E-state index in [1.54, 1.807) is 48.5 Å². The number of carbonyl (C=O) groups excluding carboxylic acids is 10. The van der Waals surface area contributed by atoms with Crippen LogP contribution in [0.1, 0.15) is 107 Å². The Morgan fingerprint density at radius 3 is 1.61 bits per heavy atom. The molecule has 0 aliphatic heterocycles. The number of aliphatic hydroxyl groups is 1. The maximum absolute atomic E-state index is 14.9. The number of unbranched alkanes of at least 4 members (excludes halogenated alkanes) is 2. The van der Waals surface area contributed by atoms with Gasteiger partial charge in [-0.05, 0) is 118 Å². The zero-order valence-electron chi connectivity index (χ0n) is 54.7. The summed E-state index contributed by atoms with van der Waals surface area (Å²) in [6, 6.07) is 11.9. The predicted octanol–water partition coefficient (Wildman–Crippen LogP) is -1.37. The molecule has 29 nitrogen and oxygen atoms in total. The number of amides is 10. The summed E-state index contributed by atoms with van der Waals surface area (Å²) in [7, 11) is 1.48. The number of carbonyl (C=O) groups is 10. The first-order valence-electron chi connectivity index (χ1n) is 32.8. The number of nitrogens with one attached hydrogen (secondary N) is 13. The number of likely N-dealkylation sites (N-methyl/N-ethyl adjacent to an activating group) is 1. The highest BCUT2D eigenvalue weighted by Crippen LogP contribution is 2.27. The van der Waals surface area contributed by atoms with Crippen molar-refractivity contribution in [1.29, 1.82) is 5.41 Å². The molecule has 96 heavy (non-hydrogen) atoms. The van der Waals surface area contributed by atoms with Crippen LogP contribution < -0.4 is 81.4 Å². The Balaban J connectivity index is 1.40. The van der Waals surface area contributed by atoms with Crippen LogP contribution in [0.3, 0.4) is 0 Å². The number of fused-ring (bicyclic) bond motifs is 1. The lowest BCUT2D eigenvalue weighted by Crippen LogP contribution is -2.61. The van der Waals surface area contributed by atoms with E-state index in [0.717, 1.165) is 37.5 Å². The zero-order chi connectivity index (χ0) is 70.1. The van der Waals surface area contributed by atoms with E-state index in [4.69, 9.17) is 28.3 Å². The Hall–Kier alpha value is -8.84. The van der Waals surface area contributed by atoms with E-state index in [1.807, 2.05) is 12.1 Å². The molecule has 30 heteroatoms. The molecule has 0 radical (unpaired) electrons. The summed E-state index contributed by atoms with van der Waals surface area (Å²) in [5, 5.41) is 58.7. The predicted molar refractivity (Wildman–Crippen MR) is 366 cm³/mol. The normalized spacial score (nSPS) is 15.4. The Morgan fingerprint density at radius 1 is 0.562 bits per heavy atom. The molecular weight excluding hydrogens is 1250 g/mol. The van der Waals surface area contributed by atoms with Gasteiger partial charge in [-0.15, -0.1) is 0 Å². The number of aromatic hydroxyl groups is 1. The van der Waals surface area contributed by atoms with Crippen molar-refractivity contribution in [3.05, 3.63) is 102 Å². The number of phenols is 1. The second-order valence-corrected chi connectivity index (χ2v) is 24.6. The molecule has 0 bridgehead atoms. The number of H-pyrrole nitrogens is 1. The van der Waals surface area contributed by atoms with Crippen molar-refractivity contribution in [3.8, 4) is 5.75 Å². The van der Waals surface area contributed by atoms with Crippen molar-refractivity contribution in [2.45, 2.75) is 164 Å². The third kappa shape index (κ3) is 26.1. The van der Waals surface area contributed by atoms with E-state index >= 15 is 0 Å². The highest BCUT2D eigenvalue weighted by atomic mass is 32.1. The molecule has 0 saturated heterocycles. The molecule has 0 spiro atoms. The zero-order valence-corrected chi connectivity index (χ0v) is 55.6. The molecule has 1 fully saturated rings. The van der Waals surface area contributed by atoms with E-state index in [2.05, 4.69) is 76.1 Å². The van der Waals surface area contributed by atoms with Gasteiger partial charge in [0.25, 0.3) is 0 Å². The summed E-state index contributed by atoms with van der Waals surface area (Å²) < 4.78 is 0. The first kappa shape index (κ1) is 77.9. The van der Waals surface area contributed by atoms with Crippen molar-refractivity contribution in [2.75, 3.05) is 45.6 Å². The number of guanidine groups is 1. The number of aliphatic hydroxyl groups excluding tert-OH is 1. The molecule has 3 aromatic carbocycles.